The lowest BCUT2D eigenvalue weighted by Gasteiger charge is -2.30. The number of tetrazole rings is 1. The Hall–Kier alpha value is -3.88. The van der Waals surface area contributed by atoms with Crippen LogP contribution in [0.2, 0.25) is 0 Å². The van der Waals surface area contributed by atoms with Gasteiger partial charge in [-0.2, -0.15) is 5.10 Å². The Balaban J connectivity index is 1.38. The zero-order valence-electron chi connectivity index (χ0n) is 22.4. The van der Waals surface area contributed by atoms with Gasteiger partial charge in [-0.15, -0.1) is 5.10 Å². The van der Waals surface area contributed by atoms with E-state index in [0.717, 1.165) is 59.6 Å². The number of rotatable bonds is 7. The summed E-state index contributed by atoms with van der Waals surface area (Å²) in [5.74, 6) is 2.02. The molecule has 9 heteroatoms. The SMILES string of the molecule is CC(C(=O)O)C1CCC(c2nc(C(C)(C)C)nn2Cc2ccc(-c3ccccc3-c3nnn[nH]3)cc2)CC1. The second-order valence-corrected chi connectivity index (χ2v) is 11.4. The maximum atomic E-state index is 11.5. The lowest BCUT2D eigenvalue weighted by Crippen LogP contribution is -2.26. The highest BCUT2D eigenvalue weighted by atomic mass is 16.4. The van der Waals surface area contributed by atoms with Crippen molar-refractivity contribution in [2.24, 2.45) is 11.8 Å². The molecule has 0 saturated heterocycles. The summed E-state index contributed by atoms with van der Waals surface area (Å²) in [5, 5.41) is 28.8. The Morgan fingerprint density at radius 2 is 1.74 bits per heavy atom. The Morgan fingerprint density at radius 1 is 1.05 bits per heavy atom. The van der Waals surface area contributed by atoms with Crippen molar-refractivity contribution in [2.75, 3.05) is 0 Å². The maximum Gasteiger partial charge on any atom is 0.306 e. The minimum atomic E-state index is -0.699. The third-order valence-corrected chi connectivity index (χ3v) is 7.73. The van der Waals surface area contributed by atoms with Crippen molar-refractivity contribution in [3.05, 3.63) is 65.7 Å². The molecule has 198 valence electrons. The summed E-state index contributed by atoms with van der Waals surface area (Å²) < 4.78 is 2.06. The molecule has 0 amide bonds. The third kappa shape index (κ3) is 5.37. The van der Waals surface area contributed by atoms with Gasteiger partial charge in [-0.05, 0) is 58.7 Å². The van der Waals surface area contributed by atoms with Gasteiger partial charge < -0.3 is 5.11 Å². The Labute approximate surface area is 222 Å². The van der Waals surface area contributed by atoms with Crippen LogP contribution < -0.4 is 0 Å². The third-order valence-electron chi connectivity index (χ3n) is 7.73. The first-order valence-corrected chi connectivity index (χ1v) is 13.3. The molecule has 0 radical (unpaired) electrons. The molecule has 4 aromatic rings. The minimum Gasteiger partial charge on any atom is -0.481 e. The highest BCUT2D eigenvalue weighted by Crippen LogP contribution is 2.39. The average molecular weight is 514 g/mol. The van der Waals surface area contributed by atoms with Crippen molar-refractivity contribution in [1.29, 1.82) is 0 Å². The fourth-order valence-corrected chi connectivity index (χ4v) is 5.35. The van der Waals surface area contributed by atoms with Gasteiger partial charge in [0.2, 0.25) is 0 Å². The van der Waals surface area contributed by atoms with E-state index in [1.54, 1.807) is 0 Å². The molecule has 1 unspecified atom stereocenters. The topological polar surface area (TPSA) is 122 Å². The number of carboxylic acid groups (broad SMARTS) is 1. The smallest absolute Gasteiger partial charge is 0.306 e. The van der Waals surface area contributed by atoms with Crippen LogP contribution in [0.25, 0.3) is 22.5 Å². The van der Waals surface area contributed by atoms with Gasteiger partial charge in [0, 0.05) is 16.9 Å². The predicted molar refractivity (Wildman–Crippen MR) is 144 cm³/mol. The Bertz CT molecular complexity index is 1380. The first-order valence-electron chi connectivity index (χ1n) is 13.3. The monoisotopic (exact) mass is 513 g/mol. The lowest BCUT2D eigenvalue weighted by atomic mass is 9.76. The first-order chi connectivity index (χ1) is 18.2. The molecule has 2 aromatic heterocycles. The van der Waals surface area contributed by atoms with Crippen LogP contribution in [-0.2, 0) is 16.8 Å². The van der Waals surface area contributed by atoms with E-state index in [4.69, 9.17) is 10.1 Å². The molecule has 0 aliphatic heterocycles. The standard InChI is InChI=1S/C29H35N7O2/c1-18(27(37)38)20-13-15-22(16-14-20)26-30-28(29(2,3)4)33-36(26)17-19-9-11-21(12-10-19)23-7-5-6-8-24(23)25-31-34-35-32-25/h5-12,18,20,22H,13-17H2,1-4H3,(H,37,38)(H,31,32,34,35). The zero-order valence-corrected chi connectivity index (χ0v) is 22.4. The molecule has 38 heavy (non-hydrogen) atoms. The van der Waals surface area contributed by atoms with E-state index in [0.29, 0.717) is 12.4 Å². The fraction of sp³-hybridized carbons (Fsp3) is 0.448. The summed E-state index contributed by atoms with van der Waals surface area (Å²) in [6.45, 7) is 8.88. The second-order valence-electron chi connectivity index (χ2n) is 11.4. The molecule has 1 aliphatic carbocycles. The van der Waals surface area contributed by atoms with Crippen LogP contribution in [0, 0.1) is 11.8 Å². The average Bonchev–Trinajstić information content (AvgIpc) is 3.60. The summed E-state index contributed by atoms with van der Waals surface area (Å²) in [5.41, 5.74) is 4.08. The Morgan fingerprint density at radius 3 is 2.34 bits per heavy atom. The normalized spacial score (nSPS) is 18.8. The van der Waals surface area contributed by atoms with Crippen molar-refractivity contribution in [1.82, 2.24) is 35.4 Å². The number of nitrogens with one attached hydrogen (secondary N) is 1. The number of carbonyl (C=O) groups is 1. The van der Waals surface area contributed by atoms with Gasteiger partial charge in [0.15, 0.2) is 11.6 Å². The number of hydrogen-bond acceptors (Lipinski definition) is 6. The summed E-state index contributed by atoms with van der Waals surface area (Å²) in [4.78, 5) is 16.5. The van der Waals surface area contributed by atoms with E-state index < -0.39 is 5.97 Å². The fourth-order valence-electron chi connectivity index (χ4n) is 5.35. The summed E-state index contributed by atoms with van der Waals surface area (Å²) in [6, 6.07) is 16.6. The number of aromatic amines is 1. The van der Waals surface area contributed by atoms with Crippen LogP contribution in [-0.4, -0.2) is 46.5 Å². The predicted octanol–water partition coefficient (Wildman–Crippen LogP) is 5.47. The molecule has 1 atom stereocenters. The molecule has 2 heterocycles. The number of aromatic nitrogens is 7. The van der Waals surface area contributed by atoms with Crippen LogP contribution in [0.5, 0.6) is 0 Å². The highest BCUT2D eigenvalue weighted by molar-refractivity contribution is 5.80. The molecular weight excluding hydrogens is 478 g/mol. The van der Waals surface area contributed by atoms with Gasteiger partial charge in [0.05, 0.1) is 12.5 Å². The molecule has 1 saturated carbocycles. The lowest BCUT2D eigenvalue weighted by molar-refractivity contribution is -0.143. The van der Waals surface area contributed by atoms with E-state index in [9.17, 15) is 9.90 Å². The number of nitrogens with zero attached hydrogens (tertiary/aromatic N) is 6. The number of aliphatic carboxylic acids is 1. The van der Waals surface area contributed by atoms with Gasteiger partial charge in [0.25, 0.3) is 0 Å². The summed E-state index contributed by atoms with van der Waals surface area (Å²) >= 11 is 0. The van der Waals surface area contributed by atoms with E-state index in [1.165, 1.54) is 0 Å². The molecule has 5 rings (SSSR count). The molecule has 9 nitrogen and oxygen atoms in total. The van der Waals surface area contributed by atoms with Crippen LogP contribution >= 0.6 is 0 Å². The van der Waals surface area contributed by atoms with Crippen LogP contribution in [0.3, 0.4) is 0 Å². The van der Waals surface area contributed by atoms with Gasteiger partial charge in [0.1, 0.15) is 5.82 Å². The molecule has 0 spiro atoms. The molecular formula is C29H35N7O2. The van der Waals surface area contributed by atoms with Gasteiger partial charge >= 0.3 is 5.97 Å². The molecule has 0 bridgehead atoms. The van der Waals surface area contributed by atoms with Crippen LogP contribution in [0.1, 0.15) is 76.5 Å². The van der Waals surface area contributed by atoms with Crippen molar-refractivity contribution in [3.8, 4) is 22.5 Å². The highest BCUT2D eigenvalue weighted by Gasteiger charge is 2.33. The van der Waals surface area contributed by atoms with E-state index >= 15 is 0 Å². The maximum absolute atomic E-state index is 11.5. The molecule has 1 fully saturated rings. The number of hydrogen-bond donors (Lipinski definition) is 2. The van der Waals surface area contributed by atoms with E-state index in [2.05, 4.69) is 76.4 Å². The molecule has 2 aromatic carbocycles. The van der Waals surface area contributed by atoms with Crippen molar-refractivity contribution >= 4 is 5.97 Å². The first kappa shape index (κ1) is 25.8. The van der Waals surface area contributed by atoms with Gasteiger partial charge in [-0.25, -0.2) is 14.8 Å². The van der Waals surface area contributed by atoms with E-state index in [1.807, 2.05) is 25.1 Å². The van der Waals surface area contributed by atoms with Gasteiger partial charge in [-0.3, -0.25) is 4.79 Å². The minimum absolute atomic E-state index is 0.155. The second kappa shape index (κ2) is 10.5. The molecule has 1 aliphatic rings. The molecule has 2 N–H and O–H groups in total. The van der Waals surface area contributed by atoms with Crippen LogP contribution in [0.4, 0.5) is 0 Å². The van der Waals surface area contributed by atoms with Crippen molar-refractivity contribution < 1.29 is 9.90 Å². The quantitative estimate of drug-likeness (QED) is 0.336. The van der Waals surface area contributed by atoms with Crippen molar-refractivity contribution in [3.63, 3.8) is 0 Å². The largest absolute Gasteiger partial charge is 0.481 e. The summed E-state index contributed by atoms with van der Waals surface area (Å²) in [6.07, 6.45) is 3.70. The number of carboxylic acids is 1. The number of benzene rings is 2. The van der Waals surface area contributed by atoms with Crippen molar-refractivity contribution in [2.45, 2.75) is 71.3 Å². The zero-order chi connectivity index (χ0) is 26.9. The van der Waals surface area contributed by atoms with E-state index in [-0.39, 0.29) is 23.2 Å². The summed E-state index contributed by atoms with van der Waals surface area (Å²) in [7, 11) is 0. The Kier molecular flexibility index (Phi) is 7.10. The van der Waals surface area contributed by atoms with Gasteiger partial charge in [-0.1, -0.05) is 76.2 Å². The van der Waals surface area contributed by atoms with Crippen LogP contribution in [0.15, 0.2) is 48.5 Å². The number of H-pyrrole nitrogens is 1.